The van der Waals surface area contributed by atoms with Gasteiger partial charge in [0.25, 0.3) is 0 Å². The summed E-state index contributed by atoms with van der Waals surface area (Å²) in [6, 6.07) is 0. The van der Waals surface area contributed by atoms with Crippen LogP contribution in [-0.4, -0.2) is 31.3 Å². The fourth-order valence-electron chi connectivity index (χ4n) is 0.683. The summed E-state index contributed by atoms with van der Waals surface area (Å²) in [5, 5.41) is 8.29. The maximum atomic E-state index is 9.45. The third kappa shape index (κ3) is 31.3. The second-order valence-corrected chi connectivity index (χ2v) is 3.65. The molecular formula is C8H19NaO5S. The Morgan fingerprint density at radius 2 is 1.73 bits per heavy atom. The van der Waals surface area contributed by atoms with Crippen molar-refractivity contribution in [2.75, 3.05) is 13.2 Å². The van der Waals surface area contributed by atoms with Crippen molar-refractivity contribution in [1.29, 1.82) is 0 Å². The first-order chi connectivity index (χ1) is 6.47. The van der Waals surface area contributed by atoms with E-state index in [9.17, 15) is 13.0 Å². The molecule has 7 heteroatoms. The molecule has 0 aromatic carbocycles. The fourth-order valence-corrected chi connectivity index (χ4v) is 0.972. The van der Waals surface area contributed by atoms with Crippen LogP contribution in [-0.2, 0) is 14.6 Å². The van der Waals surface area contributed by atoms with Gasteiger partial charge in [0.1, 0.15) is 0 Å². The zero-order chi connectivity index (χ0) is 11.4. The third-order valence-electron chi connectivity index (χ3n) is 1.27. The Morgan fingerprint density at radius 3 is 1.93 bits per heavy atom. The average molecular weight is 250 g/mol. The predicted octanol–water partition coefficient (Wildman–Crippen LogP) is -1.95. The second kappa shape index (κ2) is 14.8. The number of hydrogen-bond acceptors (Lipinski definition) is 5. The Morgan fingerprint density at radius 1 is 1.20 bits per heavy atom. The molecule has 0 aromatic heterocycles. The molecule has 0 rings (SSSR count). The van der Waals surface area contributed by atoms with Crippen molar-refractivity contribution in [3.63, 3.8) is 0 Å². The maximum Gasteiger partial charge on any atom is 1.00 e. The number of hydrogen-bond donors (Lipinski definition) is 1. The van der Waals surface area contributed by atoms with Gasteiger partial charge < -0.3 is 9.66 Å². The number of aliphatic hydroxyl groups excluding tert-OH is 1. The van der Waals surface area contributed by atoms with Crippen molar-refractivity contribution in [2.45, 2.75) is 39.5 Å². The van der Waals surface area contributed by atoms with E-state index in [0.29, 0.717) is 6.61 Å². The van der Waals surface area contributed by atoms with E-state index in [1.807, 2.05) is 0 Å². The van der Waals surface area contributed by atoms with Gasteiger partial charge in [0.2, 0.25) is 10.4 Å². The molecule has 88 valence electrons. The number of aliphatic hydroxyl groups is 1. The van der Waals surface area contributed by atoms with E-state index in [0.717, 1.165) is 6.42 Å². The van der Waals surface area contributed by atoms with Gasteiger partial charge in [-0.2, -0.15) is 0 Å². The summed E-state index contributed by atoms with van der Waals surface area (Å²) < 4.78 is 32.0. The summed E-state index contributed by atoms with van der Waals surface area (Å²) >= 11 is 0. The Bertz CT molecular complexity index is 189. The molecule has 0 aromatic rings. The van der Waals surface area contributed by atoms with Crippen LogP contribution in [0.15, 0.2) is 0 Å². The van der Waals surface area contributed by atoms with E-state index >= 15 is 0 Å². The molecule has 5 nitrogen and oxygen atoms in total. The minimum atomic E-state index is -4.42. The normalized spacial score (nSPS) is 9.87. The predicted molar refractivity (Wildman–Crippen MR) is 52.6 cm³/mol. The Balaban J connectivity index is -0.000000180. The van der Waals surface area contributed by atoms with E-state index in [-0.39, 0.29) is 36.2 Å². The van der Waals surface area contributed by atoms with Gasteiger partial charge in [0.15, 0.2) is 0 Å². The minimum absolute atomic E-state index is 0. The summed E-state index contributed by atoms with van der Waals surface area (Å²) in [5.41, 5.74) is 0. The van der Waals surface area contributed by atoms with Gasteiger partial charge in [-0.15, -0.1) is 0 Å². The molecular weight excluding hydrogens is 231 g/mol. The van der Waals surface area contributed by atoms with Gasteiger partial charge in [-0.3, -0.25) is 4.18 Å². The second-order valence-electron chi connectivity index (χ2n) is 2.60. The Labute approximate surface area is 114 Å². The topological polar surface area (TPSA) is 86.7 Å². The minimum Gasteiger partial charge on any atom is -0.726 e. The Hall–Kier alpha value is 0.830. The Kier molecular flexibility index (Phi) is 20.9. The molecule has 0 saturated carbocycles. The zero-order valence-corrected chi connectivity index (χ0v) is 12.5. The van der Waals surface area contributed by atoms with Crippen molar-refractivity contribution in [1.82, 2.24) is 0 Å². The molecule has 0 aliphatic rings. The molecule has 0 spiro atoms. The van der Waals surface area contributed by atoms with Crippen molar-refractivity contribution >= 4 is 10.4 Å². The van der Waals surface area contributed by atoms with E-state index in [1.54, 1.807) is 0 Å². The van der Waals surface area contributed by atoms with Crippen molar-refractivity contribution < 1.29 is 51.8 Å². The van der Waals surface area contributed by atoms with Crippen LogP contribution in [0.1, 0.15) is 39.5 Å². The van der Waals surface area contributed by atoms with Gasteiger partial charge in [-0.25, -0.2) is 8.42 Å². The molecule has 1 N–H and O–H groups in total. The molecule has 0 radical (unpaired) electrons. The molecule has 0 atom stereocenters. The summed E-state index contributed by atoms with van der Waals surface area (Å²) in [6.45, 7) is 3.86. The van der Waals surface area contributed by atoms with Crippen LogP contribution in [0, 0.1) is 0 Å². The van der Waals surface area contributed by atoms with Gasteiger partial charge >= 0.3 is 29.6 Å². The first-order valence-corrected chi connectivity index (χ1v) is 6.02. The summed E-state index contributed by atoms with van der Waals surface area (Å²) in [5.74, 6) is 0. The summed E-state index contributed by atoms with van der Waals surface area (Å²) in [7, 11) is -4.42. The fraction of sp³-hybridized carbons (Fsp3) is 1.00. The van der Waals surface area contributed by atoms with Crippen LogP contribution in [0.3, 0.4) is 0 Å². The van der Waals surface area contributed by atoms with Crippen molar-refractivity contribution in [3.8, 4) is 0 Å². The summed E-state index contributed by atoms with van der Waals surface area (Å²) in [4.78, 5) is 0. The van der Waals surface area contributed by atoms with Crippen LogP contribution in [0.5, 0.6) is 0 Å². The zero-order valence-electron chi connectivity index (χ0n) is 9.73. The maximum absolute atomic E-state index is 9.45. The number of rotatable bonds is 6. The molecule has 0 fully saturated rings. The number of unbranched alkanes of at least 4 members (excludes halogenated alkanes) is 3. The van der Waals surface area contributed by atoms with Crippen LogP contribution in [0.2, 0.25) is 0 Å². The molecule has 15 heavy (non-hydrogen) atoms. The SMILES string of the molecule is CCCCCCO.CCOS(=O)(=O)[O-].[Na+]. The van der Waals surface area contributed by atoms with Gasteiger partial charge in [0.05, 0.1) is 6.61 Å². The van der Waals surface area contributed by atoms with Gasteiger partial charge in [-0.05, 0) is 13.3 Å². The van der Waals surface area contributed by atoms with Gasteiger partial charge in [-0.1, -0.05) is 26.2 Å². The largest absolute Gasteiger partial charge is 1.00 e. The molecule has 0 bridgehead atoms. The molecule has 0 amide bonds. The van der Waals surface area contributed by atoms with Crippen LogP contribution in [0.25, 0.3) is 0 Å². The van der Waals surface area contributed by atoms with Crippen molar-refractivity contribution in [2.24, 2.45) is 0 Å². The molecule has 0 unspecified atom stereocenters. The van der Waals surface area contributed by atoms with E-state index in [2.05, 4.69) is 11.1 Å². The average Bonchev–Trinajstić information content (AvgIpc) is 2.04. The van der Waals surface area contributed by atoms with E-state index < -0.39 is 10.4 Å². The smallest absolute Gasteiger partial charge is 0.726 e. The van der Waals surface area contributed by atoms with E-state index in [4.69, 9.17) is 5.11 Å². The molecule has 0 aliphatic heterocycles. The molecule has 0 heterocycles. The quantitative estimate of drug-likeness (QED) is 0.256. The van der Waals surface area contributed by atoms with Crippen LogP contribution >= 0.6 is 0 Å². The van der Waals surface area contributed by atoms with Crippen molar-refractivity contribution in [3.05, 3.63) is 0 Å². The monoisotopic (exact) mass is 250 g/mol. The van der Waals surface area contributed by atoms with Gasteiger partial charge in [0, 0.05) is 6.61 Å². The van der Waals surface area contributed by atoms with Crippen LogP contribution in [0.4, 0.5) is 0 Å². The first-order valence-electron chi connectivity index (χ1n) is 4.69. The van der Waals surface area contributed by atoms with E-state index in [1.165, 1.54) is 26.2 Å². The third-order valence-corrected chi connectivity index (χ3v) is 1.80. The molecule has 0 saturated heterocycles. The van der Waals surface area contributed by atoms with Crippen LogP contribution < -0.4 is 29.6 Å². The molecule has 0 aliphatic carbocycles. The standard InChI is InChI=1S/C6H14O.C2H6O4S.Na/c1-2-3-4-5-6-7;1-2-6-7(3,4)5;/h7H,2-6H2,1H3;2H2,1H3,(H,3,4,5);/q;;+1/p-1. The summed E-state index contributed by atoms with van der Waals surface area (Å²) in [6.07, 6.45) is 4.68. The first kappa shape index (κ1) is 21.1.